The molecule has 20 heavy (non-hydrogen) atoms. The smallest absolute Gasteiger partial charge is 0.159 e. The highest BCUT2D eigenvalue weighted by Gasteiger charge is 2.08. The average Bonchev–Trinajstić information content (AvgIpc) is 2.46. The van der Waals surface area contributed by atoms with Crippen LogP contribution in [0.25, 0.3) is 0 Å². The Bertz CT molecular complexity index is 606. The SMILES string of the molecule is COc1ccc(C(C)=O)cc1COc1ccc(Cl)cc1. The van der Waals surface area contributed by atoms with Crippen molar-refractivity contribution in [2.75, 3.05) is 7.11 Å². The van der Waals surface area contributed by atoms with Crippen LogP contribution in [0.5, 0.6) is 11.5 Å². The number of hydrogen-bond donors (Lipinski definition) is 0. The van der Waals surface area contributed by atoms with Gasteiger partial charge in [0.2, 0.25) is 0 Å². The van der Waals surface area contributed by atoms with Crippen LogP contribution in [0.4, 0.5) is 0 Å². The van der Waals surface area contributed by atoms with Crippen LogP contribution in [-0.2, 0) is 6.61 Å². The van der Waals surface area contributed by atoms with Gasteiger partial charge in [-0.15, -0.1) is 0 Å². The van der Waals surface area contributed by atoms with E-state index in [0.29, 0.717) is 28.7 Å². The molecule has 0 heterocycles. The van der Waals surface area contributed by atoms with E-state index in [9.17, 15) is 4.79 Å². The second-order valence-corrected chi connectivity index (χ2v) is 4.76. The molecule has 0 aliphatic rings. The summed E-state index contributed by atoms with van der Waals surface area (Å²) in [6.45, 7) is 1.86. The van der Waals surface area contributed by atoms with Gasteiger partial charge in [-0.25, -0.2) is 0 Å². The number of rotatable bonds is 5. The first-order valence-electron chi connectivity index (χ1n) is 6.16. The van der Waals surface area contributed by atoms with Gasteiger partial charge in [0, 0.05) is 16.1 Å². The van der Waals surface area contributed by atoms with Gasteiger partial charge >= 0.3 is 0 Å². The summed E-state index contributed by atoms with van der Waals surface area (Å²) in [6.07, 6.45) is 0. The van der Waals surface area contributed by atoms with Crippen molar-refractivity contribution in [3.63, 3.8) is 0 Å². The molecule has 4 heteroatoms. The Morgan fingerprint density at radius 2 is 1.85 bits per heavy atom. The molecule has 0 fully saturated rings. The van der Waals surface area contributed by atoms with Crippen LogP contribution in [0, 0.1) is 0 Å². The molecule has 0 spiro atoms. The molecule has 2 rings (SSSR count). The summed E-state index contributed by atoms with van der Waals surface area (Å²) >= 11 is 5.82. The third-order valence-corrected chi connectivity index (χ3v) is 3.15. The summed E-state index contributed by atoms with van der Waals surface area (Å²) in [5, 5.41) is 0.661. The first kappa shape index (κ1) is 14.4. The summed E-state index contributed by atoms with van der Waals surface area (Å²) in [5.74, 6) is 1.43. The Labute approximate surface area is 123 Å². The first-order valence-corrected chi connectivity index (χ1v) is 6.54. The fourth-order valence-electron chi connectivity index (χ4n) is 1.80. The van der Waals surface area contributed by atoms with Crippen LogP contribution >= 0.6 is 11.6 Å². The summed E-state index contributed by atoms with van der Waals surface area (Å²) in [4.78, 5) is 11.4. The van der Waals surface area contributed by atoms with Crippen molar-refractivity contribution in [3.8, 4) is 11.5 Å². The second kappa shape index (κ2) is 6.44. The van der Waals surface area contributed by atoms with Gasteiger partial charge in [-0.1, -0.05) is 11.6 Å². The molecule has 2 aromatic rings. The van der Waals surface area contributed by atoms with Gasteiger partial charge in [-0.05, 0) is 49.4 Å². The molecule has 0 aromatic heterocycles. The van der Waals surface area contributed by atoms with Crippen LogP contribution < -0.4 is 9.47 Å². The Morgan fingerprint density at radius 3 is 2.45 bits per heavy atom. The van der Waals surface area contributed by atoms with Gasteiger partial charge in [0.05, 0.1) is 7.11 Å². The van der Waals surface area contributed by atoms with Crippen LogP contribution in [0.2, 0.25) is 5.02 Å². The first-order chi connectivity index (χ1) is 9.60. The van der Waals surface area contributed by atoms with Crippen molar-refractivity contribution in [2.24, 2.45) is 0 Å². The average molecular weight is 291 g/mol. The molecule has 0 bridgehead atoms. The lowest BCUT2D eigenvalue weighted by atomic mass is 10.1. The highest BCUT2D eigenvalue weighted by molar-refractivity contribution is 6.30. The van der Waals surface area contributed by atoms with Gasteiger partial charge < -0.3 is 9.47 Å². The maximum atomic E-state index is 11.4. The zero-order valence-electron chi connectivity index (χ0n) is 11.4. The summed E-state index contributed by atoms with van der Waals surface area (Å²) < 4.78 is 10.9. The van der Waals surface area contributed by atoms with Crippen LogP contribution in [0.15, 0.2) is 42.5 Å². The van der Waals surface area contributed by atoms with E-state index in [1.807, 2.05) is 0 Å². The maximum absolute atomic E-state index is 11.4. The minimum absolute atomic E-state index is 0.0143. The molecule has 0 N–H and O–H groups in total. The zero-order chi connectivity index (χ0) is 14.5. The Morgan fingerprint density at radius 1 is 1.15 bits per heavy atom. The molecule has 0 atom stereocenters. The molecular formula is C16H15ClO3. The number of methoxy groups -OCH3 is 1. The maximum Gasteiger partial charge on any atom is 0.159 e. The number of hydrogen-bond acceptors (Lipinski definition) is 3. The number of carbonyl (C=O) groups excluding carboxylic acids is 1. The van der Waals surface area contributed by atoms with E-state index in [1.165, 1.54) is 6.92 Å². The molecule has 3 nitrogen and oxygen atoms in total. The fraction of sp³-hybridized carbons (Fsp3) is 0.188. The zero-order valence-corrected chi connectivity index (χ0v) is 12.1. The Kier molecular flexibility index (Phi) is 4.64. The van der Waals surface area contributed by atoms with Gasteiger partial charge in [0.15, 0.2) is 5.78 Å². The van der Waals surface area contributed by atoms with E-state index in [1.54, 1.807) is 49.6 Å². The quantitative estimate of drug-likeness (QED) is 0.777. The van der Waals surface area contributed by atoms with E-state index >= 15 is 0 Å². The molecule has 0 radical (unpaired) electrons. The number of halogens is 1. The van der Waals surface area contributed by atoms with Crippen molar-refractivity contribution < 1.29 is 14.3 Å². The number of ketones is 1. The van der Waals surface area contributed by atoms with Crippen molar-refractivity contribution in [1.82, 2.24) is 0 Å². The number of ether oxygens (including phenoxy) is 2. The van der Waals surface area contributed by atoms with Crippen molar-refractivity contribution in [3.05, 3.63) is 58.6 Å². The lowest BCUT2D eigenvalue weighted by molar-refractivity contribution is 0.101. The Hall–Kier alpha value is -2.00. The summed E-state index contributed by atoms with van der Waals surface area (Å²) in [6, 6.07) is 12.4. The summed E-state index contributed by atoms with van der Waals surface area (Å²) in [7, 11) is 1.59. The molecule has 0 unspecified atom stereocenters. The topological polar surface area (TPSA) is 35.5 Å². The number of carbonyl (C=O) groups is 1. The monoisotopic (exact) mass is 290 g/mol. The summed E-state index contributed by atoms with van der Waals surface area (Å²) in [5.41, 5.74) is 1.47. The van der Waals surface area contributed by atoms with Crippen LogP contribution in [0.1, 0.15) is 22.8 Å². The minimum Gasteiger partial charge on any atom is -0.496 e. The minimum atomic E-state index is 0.0143. The predicted octanol–water partition coefficient (Wildman–Crippen LogP) is 4.13. The lowest BCUT2D eigenvalue weighted by Gasteiger charge is -2.11. The van der Waals surface area contributed by atoms with Gasteiger partial charge in [0.25, 0.3) is 0 Å². The largest absolute Gasteiger partial charge is 0.496 e. The molecule has 0 saturated heterocycles. The highest BCUT2D eigenvalue weighted by atomic mass is 35.5. The van der Waals surface area contributed by atoms with Crippen molar-refractivity contribution >= 4 is 17.4 Å². The second-order valence-electron chi connectivity index (χ2n) is 4.33. The lowest BCUT2D eigenvalue weighted by Crippen LogP contribution is -2.01. The Balaban J connectivity index is 2.16. The van der Waals surface area contributed by atoms with Gasteiger partial charge in [-0.2, -0.15) is 0 Å². The molecule has 104 valence electrons. The molecular weight excluding hydrogens is 276 g/mol. The molecule has 2 aromatic carbocycles. The van der Waals surface area contributed by atoms with E-state index in [0.717, 1.165) is 5.56 Å². The fourth-order valence-corrected chi connectivity index (χ4v) is 1.93. The van der Waals surface area contributed by atoms with E-state index in [2.05, 4.69) is 0 Å². The molecule has 0 amide bonds. The van der Waals surface area contributed by atoms with Gasteiger partial charge in [-0.3, -0.25) is 4.79 Å². The van der Waals surface area contributed by atoms with E-state index in [4.69, 9.17) is 21.1 Å². The van der Waals surface area contributed by atoms with Crippen molar-refractivity contribution in [2.45, 2.75) is 13.5 Å². The predicted molar refractivity (Wildman–Crippen MR) is 78.8 cm³/mol. The van der Waals surface area contributed by atoms with Crippen LogP contribution in [0.3, 0.4) is 0 Å². The van der Waals surface area contributed by atoms with Crippen molar-refractivity contribution in [1.29, 1.82) is 0 Å². The van der Waals surface area contributed by atoms with E-state index < -0.39 is 0 Å². The third-order valence-electron chi connectivity index (χ3n) is 2.89. The standard InChI is InChI=1S/C16H15ClO3/c1-11(18)12-3-8-16(19-2)13(9-12)10-20-15-6-4-14(17)5-7-15/h3-9H,10H2,1-2H3. The molecule has 0 aliphatic heterocycles. The van der Waals surface area contributed by atoms with Gasteiger partial charge in [0.1, 0.15) is 18.1 Å². The third kappa shape index (κ3) is 3.52. The molecule has 0 saturated carbocycles. The molecule has 0 aliphatic carbocycles. The van der Waals surface area contributed by atoms with E-state index in [-0.39, 0.29) is 5.78 Å². The normalized spacial score (nSPS) is 10.2. The highest BCUT2D eigenvalue weighted by Crippen LogP contribution is 2.23. The number of Topliss-reactive ketones (excluding diaryl/α,β-unsaturated/α-hetero) is 1. The number of benzene rings is 2. The van der Waals surface area contributed by atoms with Crippen LogP contribution in [-0.4, -0.2) is 12.9 Å².